The Labute approximate surface area is 124 Å². The maximum Gasteiger partial charge on any atom is 0.308 e. The van der Waals surface area contributed by atoms with Crippen LogP contribution in [0.4, 0.5) is 0 Å². The zero-order chi connectivity index (χ0) is 16.2. The highest BCUT2D eigenvalue weighted by Gasteiger charge is 2.22. The van der Waals surface area contributed by atoms with Gasteiger partial charge >= 0.3 is 5.97 Å². The van der Waals surface area contributed by atoms with Crippen molar-refractivity contribution in [1.82, 2.24) is 5.32 Å². The summed E-state index contributed by atoms with van der Waals surface area (Å²) in [6.07, 6.45) is 1.09. The highest BCUT2D eigenvalue weighted by atomic mass is 32.2. The van der Waals surface area contributed by atoms with E-state index < -0.39 is 27.6 Å². The van der Waals surface area contributed by atoms with E-state index in [4.69, 9.17) is 5.11 Å². The number of hydrogen-bond acceptors (Lipinski definition) is 4. The Morgan fingerprint density at radius 1 is 1.19 bits per heavy atom. The van der Waals surface area contributed by atoms with Gasteiger partial charge in [0.1, 0.15) is 0 Å². The van der Waals surface area contributed by atoms with Gasteiger partial charge in [0.2, 0.25) is 0 Å². The largest absolute Gasteiger partial charge is 0.481 e. The second-order valence-corrected chi connectivity index (χ2v) is 7.21. The second-order valence-electron chi connectivity index (χ2n) is 5.20. The van der Waals surface area contributed by atoms with E-state index >= 15 is 0 Å². The highest BCUT2D eigenvalue weighted by molar-refractivity contribution is 7.90. The first kappa shape index (κ1) is 17.2. The van der Waals surface area contributed by atoms with Crippen LogP contribution in [0.3, 0.4) is 0 Å². The molecule has 116 valence electrons. The van der Waals surface area contributed by atoms with Gasteiger partial charge in [-0.25, -0.2) is 8.42 Å². The van der Waals surface area contributed by atoms with E-state index in [0.717, 1.165) is 6.26 Å². The molecule has 6 nitrogen and oxygen atoms in total. The normalized spacial score (nSPS) is 13.0. The van der Waals surface area contributed by atoms with Crippen LogP contribution in [0, 0.1) is 11.8 Å². The van der Waals surface area contributed by atoms with Gasteiger partial charge < -0.3 is 10.4 Å². The fraction of sp³-hybridized carbons (Fsp3) is 0.429. The predicted octanol–water partition coefficient (Wildman–Crippen LogP) is 1.18. The van der Waals surface area contributed by atoms with Gasteiger partial charge in [-0.05, 0) is 30.2 Å². The van der Waals surface area contributed by atoms with Gasteiger partial charge in [0.05, 0.1) is 10.8 Å². The van der Waals surface area contributed by atoms with E-state index in [1.807, 2.05) is 0 Å². The van der Waals surface area contributed by atoms with Gasteiger partial charge in [-0.3, -0.25) is 9.59 Å². The third-order valence-corrected chi connectivity index (χ3v) is 4.28. The number of carboxylic acid groups (broad SMARTS) is 1. The number of sulfone groups is 1. The van der Waals surface area contributed by atoms with Crippen molar-refractivity contribution in [3.05, 3.63) is 29.8 Å². The summed E-state index contributed by atoms with van der Waals surface area (Å²) in [6.45, 7) is 3.57. The smallest absolute Gasteiger partial charge is 0.308 e. The predicted molar refractivity (Wildman–Crippen MR) is 77.8 cm³/mol. The van der Waals surface area contributed by atoms with Crippen LogP contribution in [0.15, 0.2) is 29.2 Å². The fourth-order valence-corrected chi connectivity index (χ4v) is 2.40. The lowest BCUT2D eigenvalue weighted by atomic mass is 9.96. The van der Waals surface area contributed by atoms with Gasteiger partial charge in [-0.1, -0.05) is 13.8 Å². The molecule has 0 aliphatic carbocycles. The van der Waals surface area contributed by atoms with Crippen LogP contribution in [-0.2, 0) is 14.6 Å². The van der Waals surface area contributed by atoms with Crippen molar-refractivity contribution in [1.29, 1.82) is 0 Å². The molecule has 0 spiro atoms. The molecule has 21 heavy (non-hydrogen) atoms. The molecule has 0 saturated carbocycles. The first-order valence-electron chi connectivity index (χ1n) is 6.44. The van der Waals surface area contributed by atoms with Crippen LogP contribution < -0.4 is 5.32 Å². The van der Waals surface area contributed by atoms with E-state index in [0.29, 0.717) is 0 Å². The standard InChI is InChI=1S/C14H19NO5S/c1-9(2)12(14(17)18)8-15-13(16)10-4-6-11(7-5-10)21(3,19)20/h4-7,9,12H,8H2,1-3H3,(H,15,16)(H,17,18). The van der Waals surface area contributed by atoms with Gasteiger partial charge in [0.15, 0.2) is 9.84 Å². The average molecular weight is 313 g/mol. The van der Waals surface area contributed by atoms with Crippen molar-refractivity contribution in [2.24, 2.45) is 11.8 Å². The second kappa shape index (κ2) is 6.71. The minimum atomic E-state index is -3.30. The van der Waals surface area contributed by atoms with Crippen LogP contribution in [0.2, 0.25) is 0 Å². The van der Waals surface area contributed by atoms with Crippen LogP contribution in [0.25, 0.3) is 0 Å². The van der Waals surface area contributed by atoms with Crippen molar-refractivity contribution < 1.29 is 23.1 Å². The summed E-state index contributed by atoms with van der Waals surface area (Å²) in [5, 5.41) is 11.6. The molecule has 1 atom stereocenters. The molecule has 0 fully saturated rings. The first-order valence-corrected chi connectivity index (χ1v) is 8.33. The van der Waals surface area contributed by atoms with E-state index in [-0.39, 0.29) is 22.9 Å². The molecule has 0 saturated heterocycles. The van der Waals surface area contributed by atoms with Crippen molar-refractivity contribution >= 4 is 21.7 Å². The Bertz CT molecular complexity index is 619. The minimum absolute atomic E-state index is 0.0274. The summed E-state index contributed by atoms with van der Waals surface area (Å²) in [6, 6.07) is 5.50. The van der Waals surface area contributed by atoms with E-state index in [1.165, 1.54) is 24.3 Å². The zero-order valence-corrected chi connectivity index (χ0v) is 13.0. The lowest BCUT2D eigenvalue weighted by molar-refractivity contribution is -0.142. The van der Waals surface area contributed by atoms with Gasteiger partial charge in [-0.2, -0.15) is 0 Å². The Kier molecular flexibility index (Phi) is 5.48. The molecule has 0 aliphatic heterocycles. The Balaban J connectivity index is 2.74. The molecule has 1 rings (SSSR count). The maximum absolute atomic E-state index is 11.9. The molecule has 1 unspecified atom stereocenters. The van der Waals surface area contributed by atoms with E-state index in [2.05, 4.69) is 5.32 Å². The summed E-state index contributed by atoms with van der Waals surface area (Å²) in [5.41, 5.74) is 0.287. The molecule has 2 N–H and O–H groups in total. The van der Waals surface area contributed by atoms with Crippen LogP contribution >= 0.6 is 0 Å². The average Bonchev–Trinajstić information content (AvgIpc) is 2.37. The number of amides is 1. The molecule has 1 aromatic carbocycles. The fourth-order valence-electron chi connectivity index (χ4n) is 1.77. The lowest BCUT2D eigenvalue weighted by Gasteiger charge is -2.16. The van der Waals surface area contributed by atoms with Gasteiger partial charge in [0.25, 0.3) is 5.91 Å². The SMILES string of the molecule is CC(C)C(CNC(=O)c1ccc(S(C)(=O)=O)cc1)C(=O)O. The number of hydrogen-bond donors (Lipinski definition) is 2. The molecule has 0 heterocycles. The summed E-state index contributed by atoms with van der Waals surface area (Å²) >= 11 is 0. The number of nitrogens with one attached hydrogen (secondary N) is 1. The summed E-state index contributed by atoms with van der Waals surface area (Å²) in [4.78, 5) is 23.1. The van der Waals surface area contributed by atoms with Crippen molar-refractivity contribution in [2.45, 2.75) is 18.7 Å². The molecule has 7 heteroatoms. The molecular formula is C14H19NO5S. The minimum Gasteiger partial charge on any atom is -0.481 e. The number of benzene rings is 1. The molecule has 1 aromatic rings. The Morgan fingerprint density at radius 2 is 1.71 bits per heavy atom. The van der Waals surface area contributed by atoms with Gasteiger partial charge in [0, 0.05) is 18.4 Å². The summed E-state index contributed by atoms with van der Waals surface area (Å²) < 4.78 is 22.6. The van der Waals surface area contributed by atoms with E-state index in [1.54, 1.807) is 13.8 Å². The number of carbonyl (C=O) groups is 2. The van der Waals surface area contributed by atoms with Gasteiger partial charge in [-0.15, -0.1) is 0 Å². The molecule has 0 bridgehead atoms. The Morgan fingerprint density at radius 3 is 2.10 bits per heavy atom. The maximum atomic E-state index is 11.9. The van der Waals surface area contributed by atoms with E-state index in [9.17, 15) is 18.0 Å². The lowest BCUT2D eigenvalue weighted by Crippen LogP contribution is -2.35. The van der Waals surface area contributed by atoms with Crippen LogP contribution in [0.5, 0.6) is 0 Å². The van der Waals surface area contributed by atoms with Crippen molar-refractivity contribution in [2.75, 3.05) is 12.8 Å². The highest BCUT2D eigenvalue weighted by Crippen LogP contribution is 2.12. The molecule has 0 radical (unpaired) electrons. The third kappa shape index (κ3) is 4.86. The molecule has 1 amide bonds. The van der Waals surface area contributed by atoms with Crippen LogP contribution in [0.1, 0.15) is 24.2 Å². The summed E-state index contributed by atoms with van der Waals surface area (Å²) in [5.74, 6) is -2.15. The molecule has 0 aromatic heterocycles. The Hall–Kier alpha value is -1.89. The van der Waals surface area contributed by atoms with Crippen molar-refractivity contribution in [3.8, 4) is 0 Å². The topological polar surface area (TPSA) is 101 Å². The number of rotatable bonds is 6. The zero-order valence-electron chi connectivity index (χ0n) is 12.2. The third-order valence-electron chi connectivity index (χ3n) is 3.15. The molecule has 0 aliphatic rings. The number of aliphatic carboxylic acids is 1. The van der Waals surface area contributed by atoms with Crippen LogP contribution in [-0.4, -0.2) is 38.2 Å². The quantitative estimate of drug-likeness (QED) is 0.821. The summed E-state index contributed by atoms with van der Waals surface area (Å²) in [7, 11) is -3.30. The first-order chi connectivity index (χ1) is 9.62. The van der Waals surface area contributed by atoms with Crippen molar-refractivity contribution in [3.63, 3.8) is 0 Å². The molecular weight excluding hydrogens is 294 g/mol. The monoisotopic (exact) mass is 313 g/mol. The number of carboxylic acids is 1. The number of carbonyl (C=O) groups excluding carboxylic acids is 1.